The van der Waals surface area contributed by atoms with Gasteiger partial charge < -0.3 is 4.74 Å². The molecule has 1 aromatic rings. The van der Waals surface area contributed by atoms with E-state index in [9.17, 15) is 0 Å². The second kappa shape index (κ2) is 4.10. The van der Waals surface area contributed by atoms with E-state index in [4.69, 9.17) is 4.74 Å². The molecule has 0 unspecified atom stereocenters. The van der Waals surface area contributed by atoms with Crippen LogP contribution in [0.25, 0.3) is 0 Å². The molecule has 0 N–H and O–H groups in total. The van der Waals surface area contributed by atoms with Crippen molar-refractivity contribution in [2.24, 2.45) is 0 Å². The molecule has 12 heavy (non-hydrogen) atoms. The summed E-state index contributed by atoms with van der Waals surface area (Å²) in [6.45, 7) is 5.27. The zero-order chi connectivity index (χ0) is 8.97. The SMILES string of the molecule is CCC[n+]1cc(C)ccc1OC. The van der Waals surface area contributed by atoms with Crippen LogP contribution in [0.4, 0.5) is 0 Å². The molecule has 66 valence electrons. The van der Waals surface area contributed by atoms with E-state index in [2.05, 4.69) is 30.7 Å². The lowest BCUT2D eigenvalue weighted by molar-refractivity contribution is -0.701. The lowest BCUT2D eigenvalue weighted by Crippen LogP contribution is -2.35. The van der Waals surface area contributed by atoms with Crippen LogP contribution in [0.15, 0.2) is 18.3 Å². The van der Waals surface area contributed by atoms with Gasteiger partial charge in [-0.3, -0.25) is 0 Å². The van der Waals surface area contributed by atoms with Gasteiger partial charge in [0.25, 0.3) is 0 Å². The van der Waals surface area contributed by atoms with Crippen LogP contribution in [0.2, 0.25) is 0 Å². The highest BCUT2D eigenvalue weighted by molar-refractivity contribution is 5.10. The minimum Gasteiger partial charge on any atom is -0.448 e. The minimum atomic E-state index is 0.933. The van der Waals surface area contributed by atoms with Gasteiger partial charge in [0.15, 0.2) is 12.7 Å². The molecule has 0 fully saturated rings. The Labute approximate surface area is 73.8 Å². The van der Waals surface area contributed by atoms with Crippen molar-refractivity contribution in [2.75, 3.05) is 7.11 Å². The highest BCUT2D eigenvalue weighted by atomic mass is 16.5. The summed E-state index contributed by atoms with van der Waals surface area (Å²) in [7, 11) is 1.71. The Morgan fingerprint density at radius 3 is 2.75 bits per heavy atom. The van der Waals surface area contributed by atoms with E-state index in [1.54, 1.807) is 7.11 Å². The standard InChI is InChI=1S/C10H16NO/c1-4-7-11-8-9(2)5-6-10(11)12-3/h5-6,8H,4,7H2,1-3H3/q+1. The fourth-order valence-corrected chi connectivity index (χ4v) is 1.25. The molecule has 0 bridgehead atoms. The number of aromatic nitrogens is 1. The number of pyridine rings is 1. The van der Waals surface area contributed by atoms with Crippen molar-refractivity contribution in [1.29, 1.82) is 0 Å². The van der Waals surface area contributed by atoms with E-state index in [0.29, 0.717) is 0 Å². The molecule has 0 amide bonds. The van der Waals surface area contributed by atoms with Gasteiger partial charge in [0.05, 0.1) is 13.2 Å². The van der Waals surface area contributed by atoms with Gasteiger partial charge in [-0.15, -0.1) is 0 Å². The number of nitrogens with zero attached hydrogens (tertiary/aromatic N) is 1. The van der Waals surface area contributed by atoms with Gasteiger partial charge in [0.1, 0.15) is 0 Å². The normalized spacial score (nSPS) is 9.92. The Balaban J connectivity index is 2.95. The van der Waals surface area contributed by atoms with Crippen LogP contribution in [0.3, 0.4) is 0 Å². The van der Waals surface area contributed by atoms with Gasteiger partial charge in [-0.2, -0.15) is 4.57 Å². The van der Waals surface area contributed by atoms with E-state index >= 15 is 0 Å². The van der Waals surface area contributed by atoms with Crippen molar-refractivity contribution in [3.05, 3.63) is 23.9 Å². The van der Waals surface area contributed by atoms with Crippen molar-refractivity contribution in [3.63, 3.8) is 0 Å². The first kappa shape index (κ1) is 9.04. The van der Waals surface area contributed by atoms with Gasteiger partial charge >= 0.3 is 5.88 Å². The molecule has 0 aliphatic carbocycles. The molecule has 0 spiro atoms. The lowest BCUT2D eigenvalue weighted by Gasteiger charge is -2.01. The minimum absolute atomic E-state index is 0.933. The first-order chi connectivity index (χ1) is 5.77. The molecule has 2 nitrogen and oxygen atoms in total. The van der Waals surface area contributed by atoms with Crippen LogP contribution >= 0.6 is 0 Å². The Hall–Kier alpha value is -1.05. The summed E-state index contributed by atoms with van der Waals surface area (Å²) in [5, 5.41) is 0. The van der Waals surface area contributed by atoms with Gasteiger partial charge in [0, 0.05) is 12.0 Å². The Kier molecular flexibility index (Phi) is 3.09. The van der Waals surface area contributed by atoms with Crippen LogP contribution in [-0.2, 0) is 6.54 Å². The molecule has 2 heteroatoms. The molecule has 0 atom stereocenters. The fourth-order valence-electron chi connectivity index (χ4n) is 1.25. The predicted molar refractivity (Wildman–Crippen MR) is 48.2 cm³/mol. The Morgan fingerprint density at radius 1 is 1.42 bits per heavy atom. The molecule has 0 aliphatic rings. The second-order valence-corrected chi connectivity index (χ2v) is 2.94. The average Bonchev–Trinajstić information content (AvgIpc) is 2.05. The second-order valence-electron chi connectivity index (χ2n) is 2.94. The van der Waals surface area contributed by atoms with Crippen molar-refractivity contribution >= 4 is 0 Å². The number of aryl methyl sites for hydroxylation is 2. The number of ether oxygens (including phenoxy) is 1. The predicted octanol–water partition coefficient (Wildman–Crippen LogP) is 1.70. The molecule has 1 rings (SSSR count). The molecule has 0 aromatic carbocycles. The molecular formula is C10H16NO+. The van der Waals surface area contributed by atoms with Gasteiger partial charge in [-0.05, 0) is 13.0 Å². The van der Waals surface area contributed by atoms with E-state index in [1.807, 2.05) is 6.07 Å². The molecule has 0 aliphatic heterocycles. The van der Waals surface area contributed by atoms with Crippen LogP contribution in [0.1, 0.15) is 18.9 Å². The zero-order valence-electron chi connectivity index (χ0n) is 8.00. The monoisotopic (exact) mass is 166 g/mol. The van der Waals surface area contributed by atoms with Crippen LogP contribution < -0.4 is 9.30 Å². The van der Waals surface area contributed by atoms with Crippen molar-refractivity contribution in [1.82, 2.24) is 0 Å². The van der Waals surface area contributed by atoms with Gasteiger partial charge in [0.2, 0.25) is 0 Å². The van der Waals surface area contributed by atoms with Crippen LogP contribution in [0, 0.1) is 6.92 Å². The molecule has 0 saturated carbocycles. The van der Waals surface area contributed by atoms with E-state index in [-0.39, 0.29) is 0 Å². The Morgan fingerprint density at radius 2 is 2.17 bits per heavy atom. The average molecular weight is 166 g/mol. The highest BCUT2D eigenvalue weighted by Crippen LogP contribution is 2.03. The van der Waals surface area contributed by atoms with Gasteiger partial charge in [-0.25, -0.2) is 0 Å². The summed E-state index contributed by atoms with van der Waals surface area (Å²) >= 11 is 0. The molecule has 1 aromatic heterocycles. The summed E-state index contributed by atoms with van der Waals surface area (Å²) < 4.78 is 7.35. The zero-order valence-corrected chi connectivity index (χ0v) is 8.00. The quantitative estimate of drug-likeness (QED) is 0.623. The summed E-state index contributed by atoms with van der Waals surface area (Å²) in [6, 6.07) is 4.07. The molecule has 1 heterocycles. The number of methoxy groups -OCH3 is 1. The molecule has 0 saturated heterocycles. The van der Waals surface area contributed by atoms with Crippen LogP contribution in [-0.4, -0.2) is 7.11 Å². The largest absolute Gasteiger partial charge is 0.448 e. The third-order valence-corrected chi connectivity index (χ3v) is 1.80. The summed E-state index contributed by atoms with van der Waals surface area (Å²) in [4.78, 5) is 0. The van der Waals surface area contributed by atoms with E-state index < -0.39 is 0 Å². The fraction of sp³-hybridized carbons (Fsp3) is 0.500. The Bertz CT molecular complexity index is 258. The maximum Gasteiger partial charge on any atom is 0.367 e. The third kappa shape index (κ3) is 1.97. The summed E-state index contributed by atoms with van der Waals surface area (Å²) in [6.07, 6.45) is 3.24. The van der Waals surface area contributed by atoms with E-state index in [1.165, 1.54) is 5.56 Å². The van der Waals surface area contributed by atoms with Crippen molar-refractivity contribution in [3.8, 4) is 5.88 Å². The topological polar surface area (TPSA) is 13.1 Å². The number of hydrogen-bond donors (Lipinski definition) is 0. The highest BCUT2D eigenvalue weighted by Gasteiger charge is 2.08. The molecular weight excluding hydrogens is 150 g/mol. The van der Waals surface area contributed by atoms with Crippen molar-refractivity contribution in [2.45, 2.75) is 26.8 Å². The summed E-state index contributed by atoms with van der Waals surface area (Å²) in [5.74, 6) is 0.933. The van der Waals surface area contributed by atoms with E-state index in [0.717, 1.165) is 18.8 Å². The first-order valence-corrected chi connectivity index (χ1v) is 4.32. The molecule has 0 radical (unpaired) electrons. The van der Waals surface area contributed by atoms with Gasteiger partial charge in [-0.1, -0.05) is 6.92 Å². The number of rotatable bonds is 3. The maximum absolute atomic E-state index is 5.22. The third-order valence-electron chi connectivity index (χ3n) is 1.80. The summed E-state index contributed by atoms with van der Waals surface area (Å²) in [5.41, 5.74) is 1.27. The maximum atomic E-state index is 5.22. The smallest absolute Gasteiger partial charge is 0.367 e. The number of hydrogen-bond acceptors (Lipinski definition) is 1. The lowest BCUT2D eigenvalue weighted by atomic mass is 10.3. The first-order valence-electron chi connectivity index (χ1n) is 4.32. The van der Waals surface area contributed by atoms with Crippen LogP contribution in [0.5, 0.6) is 5.88 Å². The van der Waals surface area contributed by atoms with Crippen molar-refractivity contribution < 1.29 is 9.30 Å².